The van der Waals surface area contributed by atoms with Gasteiger partial charge >= 0.3 is 5.97 Å². The Hall–Kier alpha value is -3.51. The molecule has 1 atom stereocenters. The zero-order chi connectivity index (χ0) is 24.2. The molecule has 1 N–H and O–H groups in total. The van der Waals surface area contributed by atoms with Crippen LogP contribution >= 0.6 is 0 Å². The van der Waals surface area contributed by atoms with Crippen molar-refractivity contribution in [2.45, 2.75) is 58.2 Å². The molecule has 1 heterocycles. The highest BCUT2D eigenvalue weighted by Gasteiger charge is 2.40. The van der Waals surface area contributed by atoms with E-state index >= 15 is 0 Å². The third kappa shape index (κ3) is 3.41. The minimum atomic E-state index is -1.18. The first kappa shape index (κ1) is 22.3. The summed E-state index contributed by atoms with van der Waals surface area (Å²) in [5.41, 5.74) is 4.34. The van der Waals surface area contributed by atoms with Crippen LogP contribution in [0.4, 0.5) is 0 Å². The van der Waals surface area contributed by atoms with E-state index < -0.39 is 23.6 Å². The van der Waals surface area contributed by atoms with Crippen LogP contribution in [-0.2, 0) is 28.0 Å². The minimum Gasteiger partial charge on any atom is -0.479 e. The molecule has 0 amide bonds. The number of ether oxygens (including phenoxy) is 1. The van der Waals surface area contributed by atoms with Gasteiger partial charge in [0.05, 0.1) is 5.56 Å². The summed E-state index contributed by atoms with van der Waals surface area (Å²) in [6, 6.07) is 12.6. The van der Waals surface area contributed by atoms with Crippen molar-refractivity contribution in [3.8, 4) is 11.3 Å². The molecular formula is C28H26O6. The van der Waals surface area contributed by atoms with Gasteiger partial charge < -0.3 is 14.3 Å². The number of furan rings is 1. The molecule has 0 spiro atoms. The lowest BCUT2D eigenvalue weighted by atomic mass is 9.69. The molecule has 174 valence electrons. The molecule has 34 heavy (non-hydrogen) atoms. The summed E-state index contributed by atoms with van der Waals surface area (Å²) in [5, 5.41) is 9.64. The highest BCUT2D eigenvalue weighted by Crippen LogP contribution is 2.45. The highest BCUT2D eigenvalue weighted by molar-refractivity contribution is 6.53. The number of carboxylic acids is 1. The van der Waals surface area contributed by atoms with Crippen molar-refractivity contribution in [2.24, 2.45) is 0 Å². The second-order valence-electron chi connectivity index (χ2n) is 9.70. The summed E-state index contributed by atoms with van der Waals surface area (Å²) in [7, 11) is 0. The molecule has 0 saturated carbocycles. The van der Waals surface area contributed by atoms with Crippen LogP contribution in [0.3, 0.4) is 0 Å². The summed E-state index contributed by atoms with van der Waals surface area (Å²) in [6.45, 7) is 5.89. The van der Waals surface area contributed by atoms with Gasteiger partial charge in [0.15, 0.2) is 6.10 Å². The third-order valence-corrected chi connectivity index (χ3v) is 7.13. The molecule has 5 rings (SSSR count). The van der Waals surface area contributed by atoms with Gasteiger partial charge in [-0.15, -0.1) is 0 Å². The summed E-state index contributed by atoms with van der Waals surface area (Å²) in [4.78, 5) is 38.2. The zero-order valence-electron chi connectivity index (χ0n) is 19.4. The maximum absolute atomic E-state index is 13.3. The highest BCUT2D eigenvalue weighted by atomic mass is 16.5. The third-order valence-electron chi connectivity index (χ3n) is 7.13. The maximum atomic E-state index is 13.3. The fourth-order valence-corrected chi connectivity index (χ4v) is 5.32. The number of hydrogen-bond donors (Lipinski definition) is 1. The van der Waals surface area contributed by atoms with E-state index in [0.717, 1.165) is 30.4 Å². The molecule has 0 saturated heterocycles. The Morgan fingerprint density at radius 2 is 1.79 bits per heavy atom. The van der Waals surface area contributed by atoms with Crippen LogP contribution in [0.2, 0.25) is 0 Å². The van der Waals surface area contributed by atoms with Crippen LogP contribution in [0.1, 0.15) is 81.5 Å². The van der Waals surface area contributed by atoms with Crippen molar-refractivity contribution < 1.29 is 28.6 Å². The number of ketones is 2. The van der Waals surface area contributed by atoms with E-state index in [1.807, 2.05) is 12.1 Å². The van der Waals surface area contributed by atoms with E-state index in [2.05, 4.69) is 13.8 Å². The predicted octanol–water partition coefficient (Wildman–Crippen LogP) is 5.59. The van der Waals surface area contributed by atoms with Crippen LogP contribution in [0, 0.1) is 6.92 Å². The molecule has 0 aliphatic heterocycles. The molecule has 2 aliphatic carbocycles. The first-order valence-corrected chi connectivity index (χ1v) is 11.5. The number of hydrogen-bond acceptors (Lipinski definition) is 5. The van der Waals surface area contributed by atoms with E-state index in [4.69, 9.17) is 9.15 Å². The Balaban J connectivity index is 1.55. The Morgan fingerprint density at radius 1 is 1.09 bits per heavy atom. The van der Waals surface area contributed by atoms with Crippen molar-refractivity contribution in [2.75, 3.05) is 0 Å². The summed E-state index contributed by atoms with van der Waals surface area (Å²) < 4.78 is 11.8. The maximum Gasteiger partial charge on any atom is 0.337 e. The Morgan fingerprint density at radius 3 is 2.50 bits per heavy atom. The number of carbonyl (C=O) groups excluding carboxylic acids is 2. The van der Waals surface area contributed by atoms with Gasteiger partial charge in [0.1, 0.15) is 18.1 Å². The van der Waals surface area contributed by atoms with Gasteiger partial charge in [0.25, 0.3) is 0 Å². The molecule has 6 heteroatoms. The Labute approximate surface area is 197 Å². The summed E-state index contributed by atoms with van der Waals surface area (Å²) in [6.07, 6.45) is 1.56. The second-order valence-corrected chi connectivity index (χ2v) is 9.70. The first-order chi connectivity index (χ1) is 16.2. The van der Waals surface area contributed by atoms with Crippen LogP contribution in [0.5, 0.6) is 0 Å². The van der Waals surface area contributed by atoms with Gasteiger partial charge in [-0.3, -0.25) is 9.59 Å². The molecule has 2 aliphatic rings. The van der Waals surface area contributed by atoms with Crippen molar-refractivity contribution >= 4 is 17.5 Å². The average Bonchev–Trinajstić information content (AvgIpc) is 3.14. The van der Waals surface area contributed by atoms with Crippen LogP contribution in [0.25, 0.3) is 11.3 Å². The zero-order valence-corrected chi connectivity index (χ0v) is 19.4. The van der Waals surface area contributed by atoms with E-state index in [-0.39, 0.29) is 17.6 Å². The van der Waals surface area contributed by atoms with Crippen molar-refractivity contribution in [3.05, 3.63) is 81.6 Å². The number of Topliss-reactive ketones (excluding diaryl/α,β-unsaturated/α-hetero) is 2. The summed E-state index contributed by atoms with van der Waals surface area (Å²) in [5.74, 6) is -1.48. The fraction of sp³-hybridized carbons (Fsp3) is 0.321. The SMILES string of the molecule is Cc1c(COC(C(=O)O)c2ccccc2)oc2c1C(=O)C(=O)c1c-2ccc2c1CCCC2(C)C. The minimum absolute atomic E-state index is 0.0619. The number of rotatable bonds is 5. The van der Waals surface area contributed by atoms with Gasteiger partial charge in [0, 0.05) is 16.7 Å². The predicted molar refractivity (Wildman–Crippen MR) is 125 cm³/mol. The monoisotopic (exact) mass is 458 g/mol. The number of fused-ring (bicyclic) bond motifs is 5. The van der Waals surface area contributed by atoms with Gasteiger partial charge in [-0.25, -0.2) is 4.79 Å². The Kier molecular flexibility index (Phi) is 5.29. The Bertz CT molecular complexity index is 1330. The van der Waals surface area contributed by atoms with Crippen molar-refractivity contribution in [1.29, 1.82) is 0 Å². The van der Waals surface area contributed by atoms with Gasteiger partial charge in [-0.1, -0.05) is 56.3 Å². The van der Waals surface area contributed by atoms with Crippen molar-refractivity contribution in [1.82, 2.24) is 0 Å². The lowest BCUT2D eigenvalue weighted by Gasteiger charge is -2.34. The molecule has 3 aromatic rings. The van der Waals surface area contributed by atoms with Crippen molar-refractivity contribution in [3.63, 3.8) is 0 Å². The summed E-state index contributed by atoms with van der Waals surface area (Å²) >= 11 is 0. The molecule has 0 fully saturated rings. The smallest absolute Gasteiger partial charge is 0.337 e. The fourth-order valence-electron chi connectivity index (χ4n) is 5.32. The number of benzene rings is 2. The lowest BCUT2D eigenvalue weighted by Crippen LogP contribution is -2.29. The van der Waals surface area contributed by atoms with Crippen LogP contribution < -0.4 is 0 Å². The molecule has 1 unspecified atom stereocenters. The number of carboxylic acid groups (broad SMARTS) is 1. The lowest BCUT2D eigenvalue weighted by molar-refractivity contribution is -0.152. The number of aliphatic carboxylic acids is 1. The topological polar surface area (TPSA) is 93.8 Å². The molecule has 1 aromatic heterocycles. The molecule has 0 radical (unpaired) electrons. The van der Waals surface area contributed by atoms with Crippen LogP contribution in [0.15, 0.2) is 46.9 Å². The quantitative estimate of drug-likeness (QED) is 0.501. The second kappa shape index (κ2) is 8.06. The molecule has 2 aromatic carbocycles. The van der Waals surface area contributed by atoms with E-state index in [1.54, 1.807) is 37.3 Å². The van der Waals surface area contributed by atoms with Gasteiger partial charge in [-0.2, -0.15) is 0 Å². The first-order valence-electron chi connectivity index (χ1n) is 11.5. The largest absolute Gasteiger partial charge is 0.479 e. The van der Waals surface area contributed by atoms with E-state index in [9.17, 15) is 19.5 Å². The van der Waals surface area contributed by atoms with E-state index in [1.165, 1.54) is 0 Å². The molecule has 0 bridgehead atoms. The van der Waals surface area contributed by atoms with Crippen LogP contribution in [-0.4, -0.2) is 22.6 Å². The average molecular weight is 459 g/mol. The van der Waals surface area contributed by atoms with Gasteiger partial charge in [-0.05, 0) is 48.3 Å². The standard InChI is InChI=1S/C28H26O6/c1-15-20(14-33-25(27(31)32)16-8-5-4-6-9-16)34-26-18-11-12-19-17(10-7-13-28(19,2)3)22(18)24(30)23(29)21(15)26/h4-6,8-9,11-12,25H,7,10,13-14H2,1-3H3,(H,31,32). The molecular weight excluding hydrogens is 432 g/mol. The normalized spacial score (nSPS) is 17.0. The molecule has 6 nitrogen and oxygen atoms in total. The number of carbonyl (C=O) groups is 3. The van der Waals surface area contributed by atoms with E-state index in [0.29, 0.717) is 33.8 Å². The van der Waals surface area contributed by atoms with Gasteiger partial charge in [0.2, 0.25) is 11.6 Å².